The molecule has 0 saturated carbocycles. The number of hydrogen-bond donors (Lipinski definition) is 0. The van der Waals surface area contributed by atoms with E-state index >= 15 is 0 Å². The van der Waals surface area contributed by atoms with Crippen molar-refractivity contribution in [3.8, 4) is 11.5 Å². The first-order chi connectivity index (χ1) is 17.4. The van der Waals surface area contributed by atoms with Gasteiger partial charge in [-0.15, -0.1) is 28.2 Å². The summed E-state index contributed by atoms with van der Waals surface area (Å²) in [5, 5.41) is 8.30. The molecule has 0 fully saturated rings. The van der Waals surface area contributed by atoms with Crippen LogP contribution in [0.2, 0.25) is 36.3 Å². The highest BCUT2D eigenvalue weighted by molar-refractivity contribution is 7.32. The minimum absolute atomic E-state index is 1.22. The number of thiophene rings is 2. The maximum Gasteiger partial charge on any atom is 0.138 e. The highest BCUT2D eigenvalue weighted by Gasteiger charge is 2.31. The van der Waals surface area contributed by atoms with Crippen molar-refractivity contribution >= 4 is 85.0 Å². The zero-order valence-corrected chi connectivity index (χ0v) is 26.3. The van der Waals surface area contributed by atoms with Crippen molar-refractivity contribution in [2.24, 2.45) is 0 Å². The largest absolute Gasteiger partial charge is 0.145 e. The Kier molecular flexibility index (Phi) is 7.22. The molecule has 2 heterocycles. The van der Waals surface area contributed by atoms with Crippen molar-refractivity contribution < 1.29 is 0 Å². The van der Waals surface area contributed by atoms with E-state index in [2.05, 4.69) is 113 Å². The van der Waals surface area contributed by atoms with E-state index in [1.807, 2.05) is 11.3 Å². The molecule has 0 atom stereocenters. The van der Waals surface area contributed by atoms with Gasteiger partial charge in [0.15, 0.2) is 0 Å². The van der Waals surface area contributed by atoms with Crippen LogP contribution in [0, 0.1) is 11.5 Å². The lowest BCUT2D eigenvalue weighted by atomic mass is 9.99. The monoisotopic (exact) mass is 542 g/mol. The lowest BCUT2D eigenvalue weighted by Gasteiger charge is -2.26. The molecule has 186 valence electrons. The van der Waals surface area contributed by atoms with Gasteiger partial charge in [-0.2, -0.15) is 0 Å². The lowest BCUT2D eigenvalue weighted by molar-refractivity contribution is 1.20. The molecule has 4 heteroatoms. The van der Waals surface area contributed by atoms with E-state index in [1.54, 1.807) is 4.50 Å². The van der Waals surface area contributed by atoms with Crippen molar-refractivity contribution in [1.29, 1.82) is 0 Å². The topological polar surface area (TPSA) is 0 Å². The van der Waals surface area contributed by atoms with Gasteiger partial charge >= 0.3 is 0 Å². The molecule has 0 nitrogen and oxygen atoms in total. The molecule has 36 heavy (non-hydrogen) atoms. The van der Waals surface area contributed by atoms with Crippen LogP contribution in [0.15, 0.2) is 48.5 Å². The fraction of sp³-hybridized carbons (Fsp3) is 0.375. The summed E-state index contributed by atoms with van der Waals surface area (Å²) in [4.78, 5) is 1.22. The minimum atomic E-state index is -1.44. The van der Waals surface area contributed by atoms with Crippen LogP contribution < -0.4 is 4.50 Å². The third kappa shape index (κ3) is 4.19. The van der Waals surface area contributed by atoms with Gasteiger partial charge in [0.05, 0.1) is 13.0 Å². The molecule has 0 saturated heterocycles. The van der Waals surface area contributed by atoms with Crippen molar-refractivity contribution in [2.45, 2.75) is 77.8 Å². The third-order valence-corrected chi connectivity index (χ3v) is 22.7. The molecule has 2 aromatic heterocycles. The van der Waals surface area contributed by atoms with Crippen LogP contribution in [0.25, 0.3) is 41.7 Å². The highest BCUT2D eigenvalue weighted by Crippen LogP contribution is 2.38. The first-order valence-corrected chi connectivity index (χ1v) is 20.7. The molecule has 0 bridgehead atoms. The lowest BCUT2D eigenvalue weighted by Crippen LogP contribution is -2.43. The van der Waals surface area contributed by atoms with Crippen molar-refractivity contribution in [2.75, 3.05) is 0 Å². The van der Waals surface area contributed by atoms with Gasteiger partial charge < -0.3 is 0 Å². The van der Waals surface area contributed by atoms with Crippen LogP contribution in [-0.4, -0.2) is 16.1 Å². The summed E-state index contributed by atoms with van der Waals surface area (Å²) in [7, 11) is -2.81. The molecule has 5 rings (SSSR count). The van der Waals surface area contributed by atoms with Gasteiger partial charge in [-0.1, -0.05) is 77.7 Å². The molecule has 0 aliphatic heterocycles. The molecule has 0 N–H and O–H groups in total. The van der Waals surface area contributed by atoms with Gasteiger partial charge in [0, 0.05) is 20.2 Å². The first-order valence-electron chi connectivity index (χ1n) is 13.8. The Hall–Kier alpha value is -1.91. The Morgan fingerprint density at radius 3 is 1.64 bits per heavy atom. The Morgan fingerprint density at radius 1 is 0.583 bits per heavy atom. The maximum atomic E-state index is 3.79. The summed E-state index contributed by atoms with van der Waals surface area (Å²) < 4.78 is 4.50. The van der Waals surface area contributed by atoms with Crippen LogP contribution in [0.3, 0.4) is 0 Å². The highest BCUT2D eigenvalue weighted by atomic mass is 32.1. The summed E-state index contributed by atoms with van der Waals surface area (Å²) >= 11 is 3.93. The SMILES string of the molecule is CC[Si](C#Cc1cc2c(ccc3cc4c(ccc5sc([Si](CC)(CC)CC)cc54)cc32)s1)(CC)CC. The summed E-state index contributed by atoms with van der Waals surface area (Å²) in [6.07, 6.45) is 0. The Bertz CT molecular complexity index is 1600. The van der Waals surface area contributed by atoms with E-state index in [0.717, 1.165) is 0 Å². The van der Waals surface area contributed by atoms with Gasteiger partial charge in [-0.25, -0.2) is 0 Å². The van der Waals surface area contributed by atoms with Gasteiger partial charge in [0.25, 0.3) is 0 Å². The quantitative estimate of drug-likeness (QED) is 0.109. The molecule has 0 aliphatic carbocycles. The number of benzene rings is 3. The molecular weight excluding hydrogens is 505 g/mol. The molecule has 0 amide bonds. The van der Waals surface area contributed by atoms with Crippen molar-refractivity contribution in [1.82, 2.24) is 0 Å². The molecule has 3 aromatic carbocycles. The molecule has 0 radical (unpaired) electrons. The Labute approximate surface area is 226 Å². The second kappa shape index (κ2) is 10.1. The van der Waals surface area contributed by atoms with Crippen molar-refractivity contribution in [3.63, 3.8) is 0 Å². The summed E-state index contributed by atoms with van der Waals surface area (Å²) in [5.41, 5.74) is 3.79. The van der Waals surface area contributed by atoms with Gasteiger partial charge in [0.2, 0.25) is 0 Å². The van der Waals surface area contributed by atoms with Crippen LogP contribution >= 0.6 is 22.7 Å². The summed E-state index contributed by atoms with van der Waals surface area (Å²) in [6, 6.07) is 26.9. The maximum absolute atomic E-state index is 3.79. The Balaban J connectivity index is 1.66. The van der Waals surface area contributed by atoms with E-state index in [4.69, 9.17) is 0 Å². The second-order valence-electron chi connectivity index (χ2n) is 10.4. The van der Waals surface area contributed by atoms with E-state index < -0.39 is 16.1 Å². The minimum Gasteiger partial charge on any atom is -0.145 e. The van der Waals surface area contributed by atoms with Crippen LogP contribution in [0.4, 0.5) is 0 Å². The van der Waals surface area contributed by atoms with Crippen LogP contribution in [0.5, 0.6) is 0 Å². The summed E-state index contributed by atoms with van der Waals surface area (Å²) in [6.45, 7) is 14.2. The smallest absolute Gasteiger partial charge is 0.138 e. The van der Waals surface area contributed by atoms with E-state index in [0.29, 0.717) is 0 Å². The molecular formula is C32H38S2Si2. The van der Waals surface area contributed by atoms with Crippen molar-refractivity contribution in [3.05, 3.63) is 53.4 Å². The third-order valence-electron chi connectivity index (χ3n) is 9.19. The predicted octanol–water partition coefficient (Wildman–Crippen LogP) is 10.5. The molecule has 5 aromatic rings. The average Bonchev–Trinajstić information content (AvgIpc) is 3.55. The average molecular weight is 543 g/mol. The van der Waals surface area contributed by atoms with Crippen LogP contribution in [-0.2, 0) is 0 Å². The van der Waals surface area contributed by atoms with Crippen LogP contribution in [0.1, 0.15) is 46.4 Å². The molecule has 0 spiro atoms. The standard InChI is InChI=1S/C32H38S2Si2/c1-7-35(8-2,9-3)18-17-25-21-28-26-19-24-14-16-31-29(22-32(34-31)36(10-4,11-5)12-6)27(24)20-23(26)13-15-30(28)33-25/h13-16,19-22H,7-12H2,1-6H3. The fourth-order valence-corrected chi connectivity index (χ4v) is 15.8. The fourth-order valence-electron chi connectivity index (χ4n) is 5.99. The molecule has 0 unspecified atom stereocenters. The molecule has 0 aliphatic rings. The predicted molar refractivity (Wildman–Crippen MR) is 173 cm³/mol. The zero-order valence-electron chi connectivity index (χ0n) is 22.7. The second-order valence-corrected chi connectivity index (χ2v) is 23.1. The normalized spacial score (nSPS) is 12.6. The summed E-state index contributed by atoms with van der Waals surface area (Å²) in [5.74, 6) is 3.62. The van der Waals surface area contributed by atoms with Gasteiger partial charge in [-0.05, 0) is 80.6 Å². The van der Waals surface area contributed by atoms with Gasteiger partial charge in [-0.3, -0.25) is 0 Å². The zero-order chi connectivity index (χ0) is 25.5. The van der Waals surface area contributed by atoms with E-state index in [9.17, 15) is 0 Å². The number of fused-ring (bicyclic) bond motifs is 6. The number of hydrogen-bond acceptors (Lipinski definition) is 2. The van der Waals surface area contributed by atoms with E-state index in [1.165, 1.54) is 82.9 Å². The number of rotatable bonds is 7. The van der Waals surface area contributed by atoms with E-state index in [-0.39, 0.29) is 0 Å². The first kappa shape index (κ1) is 25.7. The van der Waals surface area contributed by atoms with Gasteiger partial charge in [0.1, 0.15) is 8.07 Å². The Morgan fingerprint density at radius 2 is 1.11 bits per heavy atom.